The summed E-state index contributed by atoms with van der Waals surface area (Å²) in [5.41, 5.74) is 0.647. The Morgan fingerprint density at radius 2 is 1.79 bits per heavy atom. The van der Waals surface area contributed by atoms with Gasteiger partial charge in [-0.2, -0.15) is 18.3 Å². The van der Waals surface area contributed by atoms with Gasteiger partial charge in [-0.15, -0.1) is 5.10 Å². The summed E-state index contributed by atoms with van der Waals surface area (Å²) in [5.74, 6) is -0.469. The largest absolute Gasteiger partial charge is 0.497 e. The molecule has 207 valence electrons. The number of ether oxygens (including phenoxy) is 1. The number of alkyl halides is 3. The SMILES string of the molecule is CCN1\C(=C/C=N/N=C(\O)c2ccccc2)C(C)(Cc2cc(F)ccc2C(F)(F)F)c2cc(OC)ccc21.[Co]. The summed E-state index contributed by atoms with van der Waals surface area (Å²) in [6, 6.07) is 16.6. The van der Waals surface area contributed by atoms with E-state index in [4.69, 9.17) is 4.74 Å². The van der Waals surface area contributed by atoms with Crippen LogP contribution in [-0.4, -0.2) is 30.9 Å². The Morgan fingerprint density at radius 1 is 1.08 bits per heavy atom. The summed E-state index contributed by atoms with van der Waals surface area (Å²) >= 11 is 0. The maximum atomic E-state index is 14.2. The number of hydrogen-bond acceptors (Lipinski definition) is 4. The molecule has 10 heteroatoms. The van der Waals surface area contributed by atoms with E-state index in [1.165, 1.54) is 13.3 Å². The van der Waals surface area contributed by atoms with Gasteiger partial charge < -0.3 is 14.7 Å². The van der Waals surface area contributed by atoms with Crippen LogP contribution in [0.25, 0.3) is 0 Å². The maximum absolute atomic E-state index is 14.2. The van der Waals surface area contributed by atoms with Crippen molar-refractivity contribution in [2.75, 3.05) is 18.6 Å². The molecule has 0 spiro atoms. The van der Waals surface area contributed by atoms with Crippen molar-refractivity contribution in [3.8, 4) is 5.75 Å². The molecule has 1 aliphatic rings. The minimum Gasteiger partial charge on any atom is -0.497 e. The van der Waals surface area contributed by atoms with Gasteiger partial charge in [0.05, 0.1) is 18.9 Å². The van der Waals surface area contributed by atoms with Crippen LogP contribution in [0.1, 0.15) is 36.1 Å². The summed E-state index contributed by atoms with van der Waals surface area (Å²) in [6.45, 7) is 4.26. The van der Waals surface area contributed by atoms with Crippen LogP contribution >= 0.6 is 0 Å². The molecule has 3 aromatic carbocycles. The van der Waals surface area contributed by atoms with Gasteiger partial charge in [-0.1, -0.05) is 18.2 Å². The third kappa shape index (κ3) is 6.17. The van der Waals surface area contributed by atoms with Gasteiger partial charge in [0.2, 0.25) is 5.90 Å². The smallest absolute Gasteiger partial charge is 0.416 e. The number of aliphatic hydroxyl groups excluding tert-OH is 1. The van der Waals surface area contributed by atoms with Gasteiger partial charge in [0.15, 0.2) is 0 Å². The van der Waals surface area contributed by atoms with E-state index in [0.29, 0.717) is 23.6 Å². The van der Waals surface area contributed by atoms with Gasteiger partial charge in [0.1, 0.15) is 11.6 Å². The molecule has 0 saturated heterocycles. The zero-order chi connectivity index (χ0) is 27.5. The number of rotatable bonds is 7. The van der Waals surface area contributed by atoms with Crippen LogP contribution in [0.5, 0.6) is 5.75 Å². The second-order valence-electron chi connectivity index (χ2n) is 9.04. The van der Waals surface area contributed by atoms with Gasteiger partial charge in [0.25, 0.3) is 0 Å². The number of likely N-dealkylation sites (N-methyl/N-ethyl adjacent to an activating group) is 1. The molecule has 0 aromatic heterocycles. The average Bonchev–Trinajstić information content (AvgIpc) is 3.12. The fraction of sp³-hybridized carbons (Fsp3) is 0.241. The first-order valence-electron chi connectivity index (χ1n) is 12.0. The van der Waals surface area contributed by atoms with Crippen molar-refractivity contribution in [2.45, 2.75) is 31.9 Å². The van der Waals surface area contributed by atoms with E-state index in [1.807, 2.05) is 24.8 Å². The number of allylic oxidation sites excluding steroid dienone is 2. The van der Waals surface area contributed by atoms with E-state index >= 15 is 0 Å². The van der Waals surface area contributed by atoms with Crippen LogP contribution in [0, 0.1) is 5.82 Å². The first-order chi connectivity index (χ1) is 18.1. The third-order valence-corrected chi connectivity index (χ3v) is 6.66. The van der Waals surface area contributed by atoms with Crippen molar-refractivity contribution in [2.24, 2.45) is 10.2 Å². The zero-order valence-electron chi connectivity index (χ0n) is 21.5. The van der Waals surface area contributed by atoms with E-state index in [2.05, 4.69) is 10.2 Å². The number of nitrogens with zero attached hydrogens (tertiary/aromatic N) is 3. The number of methoxy groups -OCH3 is 1. The Kier molecular flexibility index (Phi) is 9.24. The fourth-order valence-electron chi connectivity index (χ4n) is 4.89. The van der Waals surface area contributed by atoms with Crippen LogP contribution < -0.4 is 9.64 Å². The molecule has 1 aliphatic heterocycles. The van der Waals surface area contributed by atoms with E-state index in [1.54, 1.807) is 48.5 Å². The van der Waals surface area contributed by atoms with Gasteiger partial charge in [0, 0.05) is 45.7 Å². The number of anilines is 1. The quantitative estimate of drug-likeness (QED) is 0.140. The molecule has 0 amide bonds. The molecule has 39 heavy (non-hydrogen) atoms. The first kappa shape index (κ1) is 29.9. The predicted octanol–water partition coefficient (Wildman–Crippen LogP) is 7.07. The summed E-state index contributed by atoms with van der Waals surface area (Å²) in [5, 5.41) is 18.0. The van der Waals surface area contributed by atoms with Crippen molar-refractivity contribution >= 4 is 17.8 Å². The van der Waals surface area contributed by atoms with Crippen LogP contribution in [-0.2, 0) is 34.8 Å². The molecule has 1 unspecified atom stereocenters. The van der Waals surface area contributed by atoms with Crippen LogP contribution in [0.2, 0.25) is 0 Å². The summed E-state index contributed by atoms with van der Waals surface area (Å²) in [4.78, 5) is 1.97. The van der Waals surface area contributed by atoms with Crippen LogP contribution in [0.4, 0.5) is 23.2 Å². The molecule has 1 N–H and O–H groups in total. The average molecular weight is 584 g/mol. The molecule has 4 rings (SSSR count). The first-order valence-corrected chi connectivity index (χ1v) is 12.0. The molecular formula is C29H27CoF4N3O2. The standard InChI is InChI=1S/C29H27F4N3O2.Co/c1-4-36-25-13-11-22(38-3)17-24(25)28(2,18-20-16-21(30)10-12-23(20)29(31,32)33)26(36)14-15-34-35-27(37)19-8-6-5-7-9-19;/h5-17H,4,18H2,1-3H3,(H,35,37);/b26-14-,34-15+;. The van der Waals surface area contributed by atoms with Crippen LogP contribution in [0.3, 0.4) is 0 Å². The zero-order valence-corrected chi connectivity index (χ0v) is 22.5. The number of hydrogen-bond donors (Lipinski definition) is 1. The molecule has 0 saturated carbocycles. The normalized spacial score (nSPS) is 18.4. The molecule has 1 atom stereocenters. The van der Waals surface area contributed by atoms with Crippen molar-refractivity contribution in [3.05, 3.63) is 107 Å². The third-order valence-electron chi connectivity index (χ3n) is 6.66. The molecule has 0 aliphatic carbocycles. The van der Waals surface area contributed by atoms with Crippen molar-refractivity contribution in [1.82, 2.24) is 0 Å². The second kappa shape index (κ2) is 12.0. The molecule has 0 bridgehead atoms. The number of fused-ring (bicyclic) bond motifs is 1. The van der Waals surface area contributed by atoms with Gasteiger partial charge >= 0.3 is 6.18 Å². The van der Waals surface area contributed by atoms with Gasteiger partial charge in [-0.05, 0) is 86.0 Å². The monoisotopic (exact) mass is 584 g/mol. The Balaban J connectivity index is 0.00000420. The van der Waals surface area contributed by atoms with Gasteiger partial charge in [-0.3, -0.25) is 0 Å². The molecule has 1 radical (unpaired) electrons. The molecular weight excluding hydrogens is 557 g/mol. The van der Waals surface area contributed by atoms with Crippen molar-refractivity contribution < 1.29 is 44.2 Å². The van der Waals surface area contributed by atoms with E-state index in [-0.39, 0.29) is 34.7 Å². The summed E-state index contributed by atoms with van der Waals surface area (Å²) in [6.07, 6.45) is -1.73. The molecule has 3 aromatic rings. The van der Waals surface area contributed by atoms with Crippen molar-refractivity contribution in [1.29, 1.82) is 0 Å². The Hall–Kier alpha value is -3.63. The molecule has 5 nitrogen and oxygen atoms in total. The van der Waals surface area contributed by atoms with Crippen molar-refractivity contribution in [3.63, 3.8) is 0 Å². The Labute approximate surface area is 234 Å². The maximum Gasteiger partial charge on any atom is 0.416 e. The van der Waals surface area contributed by atoms with E-state index in [0.717, 1.165) is 29.4 Å². The molecule has 0 fully saturated rings. The van der Waals surface area contributed by atoms with Gasteiger partial charge in [-0.25, -0.2) is 4.39 Å². The summed E-state index contributed by atoms with van der Waals surface area (Å²) < 4.78 is 61.2. The van der Waals surface area contributed by atoms with Crippen LogP contribution in [0.15, 0.2) is 88.7 Å². The number of aliphatic hydroxyl groups is 1. The second-order valence-corrected chi connectivity index (χ2v) is 9.04. The minimum atomic E-state index is -4.64. The predicted molar refractivity (Wildman–Crippen MR) is 141 cm³/mol. The minimum absolute atomic E-state index is 0. The number of benzene rings is 3. The topological polar surface area (TPSA) is 57.4 Å². The molecule has 1 heterocycles. The Bertz CT molecular complexity index is 1410. The number of halogens is 4. The summed E-state index contributed by atoms with van der Waals surface area (Å²) in [7, 11) is 1.51. The van der Waals surface area contributed by atoms with E-state index in [9.17, 15) is 22.7 Å². The Morgan fingerprint density at radius 3 is 2.44 bits per heavy atom. The fourth-order valence-corrected chi connectivity index (χ4v) is 4.89. The van der Waals surface area contributed by atoms with E-state index < -0.39 is 23.0 Å².